The van der Waals surface area contributed by atoms with Gasteiger partial charge in [-0.15, -0.1) is 5.10 Å². The Balaban J connectivity index is 1.81. The molecule has 0 unspecified atom stereocenters. The van der Waals surface area contributed by atoms with Crippen molar-refractivity contribution in [3.8, 4) is 11.4 Å². The molecule has 3 heterocycles. The molecule has 4 rings (SSSR count). The van der Waals surface area contributed by atoms with E-state index in [0.717, 1.165) is 0 Å². The van der Waals surface area contributed by atoms with Gasteiger partial charge in [0, 0.05) is 5.56 Å². The number of H-pyrrole nitrogens is 1. The van der Waals surface area contributed by atoms with Crippen molar-refractivity contribution in [1.82, 2.24) is 40.4 Å². The van der Waals surface area contributed by atoms with E-state index in [2.05, 4.69) is 35.7 Å². The fourth-order valence-electron chi connectivity index (χ4n) is 2.19. The summed E-state index contributed by atoms with van der Waals surface area (Å²) < 4.78 is 15.3. The van der Waals surface area contributed by atoms with Crippen LogP contribution in [0.1, 0.15) is 5.56 Å². The molecule has 1 N–H and O–H groups in total. The van der Waals surface area contributed by atoms with E-state index >= 15 is 0 Å². The number of nitrogens with one attached hydrogen (secondary N) is 1. The van der Waals surface area contributed by atoms with Gasteiger partial charge in [-0.25, -0.2) is 19.0 Å². The lowest BCUT2D eigenvalue weighted by molar-refractivity contribution is 0.582. The molecule has 0 aliphatic carbocycles. The highest BCUT2D eigenvalue weighted by Crippen LogP contribution is 2.21. The van der Waals surface area contributed by atoms with Crippen molar-refractivity contribution in [2.24, 2.45) is 0 Å². The highest BCUT2D eigenvalue weighted by atomic mass is 19.1. The number of fused-ring (bicyclic) bond motifs is 1. The number of aromatic nitrogens is 8. The highest BCUT2D eigenvalue weighted by molar-refractivity contribution is 5.84. The van der Waals surface area contributed by atoms with E-state index < -0.39 is 0 Å². The van der Waals surface area contributed by atoms with E-state index in [-0.39, 0.29) is 12.4 Å². The van der Waals surface area contributed by atoms with Crippen LogP contribution in [-0.4, -0.2) is 40.4 Å². The predicted molar refractivity (Wildman–Crippen MR) is 74.0 cm³/mol. The summed E-state index contributed by atoms with van der Waals surface area (Å²) in [5.74, 6) is -0.295. The van der Waals surface area contributed by atoms with Gasteiger partial charge in [0.15, 0.2) is 11.2 Å². The van der Waals surface area contributed by atoms with Crippen molar-refractivity contribution in [3.05, 3.63) is 48.2 Å². The number of hydrogen-bond acceptors (Lipinski definition) is 6. The van der Waals surface area contributed by atoms with Crippen LogP contribution in [0.25, 0.3) is 22.6 Å². The van der Waals surface area contributed by atoms with Gasteiger partial charge < -0.3 is 0 Å². The van der Waals surface area contributed by atoms with Crippen molar-refractivity contribution >= 4 is 11.2 Å². The summed E-state index contributed by atoms with van der Waals surface area (Å²) in [6.07, 6.45) is 2.94. The van der Waals surface area contributed by atoms with Crippen molar-refractivity contribution in [1.29, 1.82) is 0 Å². The monoisotopic (exact) mass is 296 g/mol. The maximum Gasteiger partial charge on any atom is 0.182 e. The first-order valence-corrected chi connectivity index (χ1v) is 6.46. The Morgan fingerprint density at radius 3 is 2.91 bits per heavy atom. The molecule has 0 saturated heterocycles. The second-order valence-electron chi connectivity index (χ2n) is 4.59. The predicted octanol–water partition coefficient (Wildman–Crippen LogP) is 1.19. The molecule has 1 aromatic carbocycles. The summed E-state index contributed by atoms with van der Waals surface area (Å²) in [5, 5.41) is 18.4. The van der Waals surface area contributed by atoms with Crippen molar-refractivity contribution in [2.45, 2.75) is 6.54 Å². The summed E-state index contributed by atoms with van der Waals surface area (Å²) in [6, 6.07) is 6.52. The van der Waals surface area contributed by atoms with E-state index in [4.69, 9.17) is 0 Å². The van der Waals surface area contributed by atoms with E-state index in [1.807, 2.05) is 0 Å². The Bertz CT molecular complexity index is 930. The summed E-state index contributed by atoms with van der Waals surface area (Å²) in [7, 11) is 0. The standard InChI is InChI=1S/C13H9FN8/c14-9-4-2-1-3-8(9)6-22-13-12(19-21-22)11(15-7-16-13)10-5-17-20-18-10/h1-5,7H,6H2,(H,17,18,20). The molecule has 0 saturated carbocycles. The normalized spacial score (nSPS) is 11.1. The van der Waals surface area contributed by atoms with E-state index in [1.165, 1.54) is 23.3 Å². The SMILES string of the molecule is Fc1ccccc1Cn1nnc2c(-c3cn[nH]n3)ncnc21. The number of aromatic amines is 1. The number of benzene rings is 1. The molecule has 4 aromatic rings. The van der Waals surface area contributed by atoms with Crippen LogP contribution < -0.4 is 0 Å². The molecule has 0 bridgehead atoms. The first-order valence-electron chi connectivity index (χ1n) is 6.46. The minimum absolute atomic E-state index is 0.235. The van der Waals surface area contributed by atoms with E-state index in [9.17, 15) is 4.39 Å². The minimum Gasteiger partial charge on any atom is -0.232 e. The van der Waals surface area contributed by atoms with Gasteiger partial charge in [-0.3, -0.25) is 0 Å². The quantitative estimate of drug-likeness (QED) is 0.610. The summed E-state index contributed by atoms with van der Waals surface area (Å²) in [6.45, 7) is 0.235. The fraction of sp³-hybridized carbons (Fsp3) is 0.0769. The van der Waals surface area contributed by atoms with E-state index in [1.54, 1.807) is 18.2 Å². The summed E-state index contributed by atoms with van der Waals surface area (Å²) in [4.78, 5) is 8.35. The zero-order valence-corrected chi connectivity index (χ0v) is 11.2. The molecule has 0 radical (unpaired) electrons. The smallest absolute Gasteiger partial charge is 0.182 e. The van der Waals surface area contributed by atoms with E-state index in [0.29, 0.717) is 28.1 Å². The van der Waals surface area contributed by atoms with Gasteiger partial charge in [0.1, 0.15) is 23.5 Å². The molecule has 3 aromatic heterocycles. The third-order valence-corrected chi connectivity index (χ3v) is 3.24. The first kappa shape index (κ1) is 12.5. The van der Waals surface area contributed by atoms with Crippen LogP contribution in [-0.2, 0) is 6.54 Å². The molecule has 9 heteroatoms. The zero-order chi connectivity index (χ0) is 14.9. The molecule has 0 fully saturated rings. The number of nitrogens with zero attached hydrogens (tertiary/aromatic N) is 7. The van der Waals surface area contributed by atoms with Gasteiger partial charge in [-0.2, -0.15) is 15.4 Å². The van der Waals surface area contributed by atoms with Crippen LogP contribution in [0, 0.1) is 5.82 Å². The van der Waals surface area contributed by atoms with Gasteiger partial charge >= 0.3 is 0 Å². The van der Waals surface area contributed by atoms with Gasteiger partial charge in [-0.05, 0) is 6.07 Å². The summed E-state index contributed by atoms with van der Waals surface area (Å²) >= 11 is 0. The van der Waals surface area contributed by atoms with Crippen molar-refractivity contribution in [2.75, 3.05) is 0 Å². The summed E-state index contributed by atoms with van der Waals surface area (Å²) in [5.41, 5.74) is 2.59. The Hall–Kier alpha value is -3.23. The lowest BCUT2D eigenvalue weighted by atomic mass is 10.2. The average Bonchev–Trinajstić information content (AvgIpc) is 3.19. The zero-order valence-electron chi connectivity index (χ0n) is 11.2. The molecule has 8 nitrogen and oxygen atoms in total. The molecule has 22 heavy (non-hydrogen) atoms. The van der Waals surface area contributed by atoms with Crippen LogP contribution in [0.3, 0.4) is 0 Å². The minimum atomic E-state index is -0.295. The van der Waals surface area contributed by atoms with Crippen molar-refractivity contribution in [3.63, 3.8) is 0 Å². The lowest BCUT2D eigenvalue weighted by Crippen LogP contribution is -2.04. The second-order valence-corrected chi connectivity index (χ2v) is 4.59. The number of hydrogen-bond donors (Lipinski definition) is 1. The molecular formula is C13H9FN8. The van der Waals surface area contributed by atoms with Gasteiger partial charge in [0.2, 0.25) is 0 Å². The van der Waals surface area contributed by atoms with Gasteiger partial charge in [0.05, 0.1) is 12.7 Å². The average molecular weight is 296 g/mol. The molecule has 0 amide bonds. The van der Waals surface area contributed by atoms with Crippen LogP contribution in [0.2, 0.25) is 0 Å². The van der Waals surface area contributed by atoms with Gasteiger partial charge in [-0.1, -0.05) is 23.4 Å². The molecule has 0 spiro atoms. The highest BCUT2D eigenvalue weighted by Gasteiger charge is 2.15. The topological polar surface area (TPSA) is 98.1 Å². The van der Waals surface area contributed by atoms with Crippen LogP contribution in [0.15, 0.2) is 36.8 Å². The third-order valence-electron chi connectivity index (χ3n) is 3.24. The Morgan fingerprint density at radius 2 is 2.09 bits per heavy atom. The van der Waals surface area contributed by atoms with Crippen LogP contribution in [0.4, 0.5) is 4.39 Å². The maximum atomic E-state index is 13.8. The van der Waals surface area contributed by atoms with Gasteiger partial charge in [0.25, 0.3) is 0 Å². The molecule has 0 aliphatic heterocycles. The first-order chi connectivity index (χ1) is 10.8. The Kier molecular flexibility index (Phi) is 2.81. The maximum absolute atomic E-state index is 13.8. The van der Waals surface area contributed by atoms with Crippen LogP contribution >= 0.6 is 0 Å². The Morgan fingerprint density at radius 1 is 1.18 bits per heavy atom. The molecule has 0 atom stereocenters. The third kappa shape index (κ3) is 1.99. The number of rotatable bonds is 3. The van der Waals surface area contributed by atoms with Crippen LogP contribution in [0.5, 0.6) is 0 Å². The second kappa shape index (κ2) is 4.95. The fourth-order valence-corrected chi connectivity index (χ4v) is 2.19. The molecule has 108 valence electrons. The number of halogens is 1. The largest absolute Gasteiger partial charge is 0.232 e. The molecule has 0 aliphatic rings. The molecular weight excluding hydrogens is 287 g/mol. The lowest BCUT2D eigenvalue weighted by Gasteiger charge is -2.03. The van der Waals surface area contributed by atoms with Crippen molar-refractivity contribution < 1.29 is 4.39 Å². The Labute approximate surface area is 123 Å².